The molecule has 0 aromatic carbocycles. The largest absolute Gasteiger partial charge is 0.347 e. The molecule has 0 spiro atoms. The van der Waals surface area contributed by atoms with E-state index < -0.39 is 16.0 Å². The molecule has 7 heteroatoms. The van der Waals surface area contributed by atoms with Gasteiger partial charge in [-0.3, -0.25) is 14.9 Å². The number of halogens is 1. The molecule has 0 saturated carbocycles. The van der Waals surface area contributed by atoms with Crippen molar-refractivity contribution in [2.24, 2.45) is 0 Å². The van der Waals surface area contributed by atoms with E-state index >= 15 is 0 Å². The number of nitro groups is 1. The zero-order valence-electron chi connectivity index (χ0n) is 8.43. The molecule has 5 nitrogen and oxygen atoms in total. The Hall–Kier alpha value is -0.820. The van der Waals surface area contributed by atoms with Gasteiger partial charge in [-0.25, -0.2) is 0 Å². The molecule has 0 fully saturated rings. The average molecular weight is 307 g/mol. The van der Waals surface area contributed by atoms with E-state index in [1.165, 1.54) is 6.20 Å². The van der Waals surface area contributed by atoms with E-state index in [-0.39, 0.29) is 4.47 Å². The highest BCUT2D eigenvalue weighted by atomic mass is 79.9. The summed E-state index contributed by atoms with van der Waals surface area (Å²) in [7, 11) is 0. The van der Waals surface area contributed by atoms with Crippen LogP contribution in [0.4, 0.5) is 5.69 Å². The summed E-state index contributed by atoms with van der Waals surface area (Å²) in [6.07, 6.45) is 4.63. The first-order valence-electron chi connectivity index (χ1n) is 4.71. The Morgan fingerprint density at radius 1 is 1.44 bits per heavy atom. The smallest absolute Gasteiger partial charge is 0.333 e. The molecule has 0 saturated heterocycles. The minimum Gasteiger partial charge on any atom is -0.347 e. The topological polar surface area (TPSA) is 65.1 Å². The molecule has 1 aromatic rings. The lowest BCUT2D eigenvalue weighted by Gasteiger charge is -2.05. The third kappa shape index (κ3) is 3.34. The third-order valence-electron chi connectivity index (χ3n) is 2.04. The summed E-state index contributed by atoms with van der Waals surface area (Å²) in [5.41, 5.74) is -0.990. The van der Waals surface area contributed by atoms with Crippen molar-refractivity contribution in [2.75, 3.05) is 5.75 Å². The second-order valence-electron chi connectivity index (χ2n) is 3.25. The first kappa shape index (κ1) is 13.2. The Morgan fingerprint density at radius 3 is 2.69 bits per heavy atom. The number of hydrogen-bond donors (Lipinski definition) is 1. The minimum atomic E-state index is -0.664. The number of aromatic nitrogens is 1. The van der Waals surface area contributed by atoms with Crippen LogP contribution < -0.4 is 5.43 Å². The molecule has 0 N–H and O–H groups in total. The molecule has 1 aromatic heterocycles. The van der Waals surface area contributed by atoms with E-state index in [0.29, 0.717) is 6.54 Å². The van der Waals surface area contributed by atoms with E-state index in [1.54, 1.807) is 10.8 Å². The van der Waals surface area contributed by atoms with Gasteiger partial charge in [-0.05, 0) is 34.5 Å². The zero-order valence-corrected chi connectivity index (χ0v) is 10.9. The number of aryl methyl sites for hydroxylation is 1. The first-order chi connectivity index (χ1) is 7.56. The van der Waals surface area contributed by atoms with Gasteiger partial charge in [0.25, 0.3) is 5.43 Å². The number of nitrogens with zero attached hydrogens (tertiary/aromatic N) is 2. The van der Waals surface area contributed by atoms with Gasteiger partial charge in [0.1, 0.15) is 0 Å². The third-order valence-corrected chi connectivity index (χ3v) is 2.92. The summed E-state index contributed by atoms with van der Waals surface area (Å²) in [5.74, 6) is 0.781. The summed E-state index contributed by atoms with van der Waals surface area (Å²) < 4.78 is 1.86. The fraction of sp³-hybridized carbons (Fsp3) is 0.444. The van der Waals surface area contributed by atoms with Crippen molar-refractivity contribution in [3.05, 3.63) is 37.2 Å². The standard InChI is InChI=1S/C9H11BrN2O3S/c10-7-5-11(3-1-2-4-16)6-8(9(7)13)12(14)15/h5-6,16H,1-4H2. The summed E-state index contributed by atoms with van der Waals surface area (Å²) in [6.45, 7) is 0.639. The van der Waals surface area contributed by atoms with Gasteiger partial charge in [-0.15, -0.1) is 0 Å². The second kappa shape index (κ2) is 6.05. The molecule has 0 aliphatic rings. The van der Waals surface area contributed by atoms with Crippen molar-refractivity contribution in [3.63, 3.8) is 0 Å². The number of unbranched alkanes of at least 4 members (excludes halogenated alkanes) is 1. The van der Waals surface area contributed by atoms with Gasteiger partial charge in [-0.2, -0.15) is 12.6 Å². The predicted molar refractivity (Wildman–Crippen MR) is 68.1 cm³/mol. The number of rotatable bonds is 5. The summed E-state index contributed by atoms with van der Waals surface area (Å²) >= 11 is 7.10. The molecular formula is C9H11BrN2O3S. The van der Waals surface area contributed by atoms with Crippen LogP contribution in [0.1, 0.15) is 12.8 Å². The minimum absolute atomic E-state index is 0.215. The molecule has 0 atom stereocenters. The molecule has 0 aliphatic heterocycles. The maximum absolute atomic E-state index is 11.4. The monoisotopic (exact) mass is 306 g/mol. The van der Waals surface area contributed by atoms with Crippen LogP contribution in [-0.2, 0) is 6.54 Å². The van der Waals surface area contributed by atoms with Crippen LogP contribution in [-0.4, -0.2) is 15.2 Å². The lowest BCUT2D eigenvalue weighted by molar-refractivity contribution is -0.386. The lowest BCUT2D eigenvalue weighted by atomic mass is 10.3. The van der Waals surface area contributed by atoms with Crippen molar-refractivity contribution in [1.82, 2.24) is 4.57 Å². The van der Waals surface area contributed by atoms with Gasteiger partial charge < -0.3 is 4.57 Å². The van der Waals surface area contributed by atoms with E-state index in [0.717, 1.165) is 18.6 Å². The van der Waals surface area contributed by atoms with E-state index in [9.17, 15) is 14.9 Å². The van der Waals surface area contributed by atoms with Crippen molar-refractivity contribution >= 4 is 34.2 Å². The van der Waals surface area contributed by atoms with Crippen LogP contribution in [0.5, 0.6) is 0 Å². The van der Waals surface area contributed by atoms with Gasteiger partial charge in [0.05, 0.1) is 15.6 Å². The maximum atomic E-state index is 11.4. The first-order valence-corrected chi connectivity index (χ1v) is 6.13. The van der Waals surface area contributed by atoms with Crippen LogP contribution in [0.25, 0.3) is 0 Å². The van der Waals surface area contributed by atoms with Crippen molar-refractivity contribution in [2.45, 2.75) is 19.4 Å². The van der Waals surface area contributed by atoms with Gasteiger partial charge in [0.15, 0.2) is 0 Å². The highest BCUT2D eigenvalue weighted by Gasteiger charge is 2.15. The number of thiol groups is 1. The van der Waals surface area contributed by atoms with Gasteiger partial charge in [-0.1, -0.05) is 0 Å². The van der Waals surface area contributed by atoms with Crippen LogP contribution in [0.3, 0.4) is 0 Å². The Balaban J connectivity index is 2.95. The molecule has 0 bridgehead atoms. The lowest BCUT2D eigenvalue weighted by Crippen LogP contribution is -2.13. The maximum Gasteiger partial charge on any atom is 0.333 e. The van der Waals surface area contributed by atoms with E-state index in [4.69, 9.17) is 0 Å². The van der Waals surface area contributed by atoms with Gasteiger partial charge >= 0.3 is 5.69 Å². The quantitative estimate of drug-likeness (QED) is 0.393. The Morgan fingerprint density at radius 2 is 2.12 bits per heavy atom. The second-order valence-corrected chi connectivity index (χ2v) is 4.55. The van der Waals surface area contributed by atoms with Gasteiger partial charge in [0.2, 0.25) is 0 Å². The summed E-state index contributed by atoms with van der Waals surface area (Å²) in [5, 5.41) is 10.6. The van der Waals surface area contributed by atoms with Gasteiger partial charge in [0, 0.05) is 12.7 Å². The Bertz CT molecular complexity index is 447. The normalized spacial score (nSPS) is 10.4. The molecule has 0 radical (unpaired) electrons. The van der Waals surface area contributed by atoms with Crippen molar-refractivity contribution in [1.29, 1.82) is 0 Å². The summed E-state index contributed by atoms with van der Waals surface area (Å²) in [6, 6.07) is 0. The zero-order chi connectivity index (χ0) is 12.1. The summed E-state index contributed by atoms with van der Waals surface area (Å²) in [4.78, 5) is 21.3. The molecule has 1 rings (SSSR count). The van der Waals surface area contributed by atoms with Crippen LogP contribution in [0.15, 0.2) is 21.7 Å². The molecule has 0 amide bonds. The molecule has 0 unspecified atom stereocenters. The highest BCUT2D eigenvalue weighted by molar-refractivity contribution is 9.10. The Kier molecular flexibility index (Phi) is 5.01. The van der Waals surface area contributed by atoms with Crippen LogP contribution in [0.2, 0.25) is 0 Å². The van der Waals surface area contributed by atoms with Crippen LogP contribution in [0, 0.1) is 10.1 Å². The fourth-order valence-electron chi connectivity index (χ4n) is 1.24. The van der Waals surface area contributed by atoms with Crippen molar-refractivity contribution < 1.29 is 4.92 Å². The van der Waals surface area contributed by atoms with E-state index in [2.05, 4.69) is 28.6 Å². The molecule has 1 heterocycles. The molecule has 16 heavy (non-hydrogen) atoms. The molecular weight excluding hydrogens is 296 g/mol. The number of pyridine rings is 1. The van der Waals surface area contributed by atoms with Crippen LogP contribution >= 0.6 is 28.6 Å². The number of hydrogen-bond acceptors (Lipinski definition) is 4. The fourth-order valence-corrected chi connectivity index (χ4v) is 1.93. The molecule has 88 valence electrons. The average Bonchev–Trinajstić information content (AvgIpc) is 2.23. The van der Waals surface area contributed by atoms with E-state index in [1.807, 2.05) is 0 Å². The molecule has 0 aliphatic carbocycles. The van der Waals surface area contributed by atoms with Crippen molar-refractivity contribution in [3.8, 4) is 0 Å². The highest BCUT2D eigenvalue weighted by Crippen LogP contribution is 2.11. The predicted octanol–water partition coefficient (Wildman–Crippen LogP) is 2.23. The Labute approximate surface area is 106 Å². The SMILES string of the molecule is O=c1c(Br)cn(CCCCS)cc1[N+](=O)[O-].